The summed E-state index contributed by atoms with van der Waals surface area (Å²) in [6.45, 7) is -0.545. The molecule has 3 rings (SSSR count). The van der Waals surface area contributed by atoms with Gasteiger partial charge in [-0.1, -0.05) is 0 Å². The van der Waals surface area contributed by atoms with Gasteiger partial charge in [-0.25, -0.2) is 9.37 Å². The van der Waals surface area contributed by atoms with Crippen LogP contribution in [0.1, 0.15) is 6.23 Å². The van der Waals surface area contributed by atoms with Gasteiger partial charge in [-0.05, 0) is 0 Å². The molecule has 4 atom stereocenters. The summed E-state index contributed by atoms with van der Waals surface area (Å²) in [5, 5.41) is 18.6. The Morgan fingerprint density at radius 1 is 1.45 bits per heavy atom. The highest BCUT2D eigenvalue weighted by atomic mass is 19.1. The molecule has 2 aromatic heterocycles. The van der Waals surface area contributed by atoms with E-state index in [-0.39, 0.29) is 17.0 Å². The van der Waals surface area contributed by atoms with Crippen LogP contribution in [0.15, 0.2) is 6.33 Å². The monoisotopic (exact) mass is 287 g/mol. The van der Waals surface area contributed by atoms with Gasteiger partial charge in [-0.15, -0.1) is 0 Å². The van der Waals surface area contributed by atoms with Crippen LogP contribution < -0.4 is 5.73 Å². The highest BCUT2D eigenvalue weighted by Gasteiger charge is 2.45. The van der Waals surface area contributed by atoms with E-state index >= 15 is 0 Å². The van der Waals surface area contributed by atoms with E-state index in [1.165, 1.54) is 6.33 Å². The van der Waals surface area contributed by atoms with E-state index in [0.717, 1.165) is 4.57 Å². The zero-order chi connectivity index (χ0) is 14.4. The van der Waals surface area contributed by atoms with Gasteiger partial charge in [0.05, 0.1) is 12.9 Å². The van der Waals surface area contributed by atoms with Crippen molar-refractivity contribution in [2.24, 2.45) is 0 Å². The van der Waals surface area contributed by atoms with Gasteiger partial charge >= 0.3 is 6.08 Å². The summed E-state index contributed by atoms with van der Waals surface area (Å²) in [7, 11) is 0. The highest BCUT2D eigenvalue weighted by molar-refractivity contribution is 5.81. The molecule has 10 heteroatoms. The first-order valence-corrected chi connectivity index (χ1v) is 5.77. The lowest BCUT2D eigenvalue weighted by Crippen LogP contribution is -2.30. The smallest absolute Gasteiger partial charge is 0.312 e. The van der Waals surface area contributed by atoms with Crippen LogP contribution in [0, 0.1) is 6.08 Å². The first-order chi connectivity index (χ1) is 9.52. The molecule has 1 fully saturated rings. The first-order valence-electron chi connectivity index (χ1n) is 5.77. The maximum Gasteiger partial charge on any atom is 0.312 e. The molecule has 4 N–H and O–H groups in total. The summed E-state index contributed by atoms with van der Waals surface area (Å²) in [5.41, 5.74) is 5.55. The van der Waals surface area contributed by atoms with Crippen LogP contribution in [0.25, 0.3) is 11.2 Å². The number of hydrogen-bond donors (Lipinski definition) is 3. The summed E-state index contributed by atoms with van der Waals surface area (Å²) in [6, 6.07) is 0. The second-order valence-corrected chi connectivity index (χ2v) is 4.38. The van der Waals surface area contributed by atoms with Crippen LogP contribution in [0.4, 0.5) is 14.6 Å². The molecule has 1 aliphatic rings. The molecule has 1 aliphatic heterocycles. The van der Waals surface area contributed by atoms with E-state index in [4.69, 9.17) is 15.6 Å². The number of alkyl halides is 1. The number of ether oxygens (including phenoxy) is 1. The molecule has 0 spiro atoms. The topological polar surface area (TPSA) is 119 Å². The Hall–Kier alpha value is -1.91. The van der Waals surface area contributed by atoms with Crippen molar-refractivity contribution < 1.29 is 23.7 Å². The zero-order valence-corrected chi connectivity index (χ0v) is 10.0. The van der Waals surface area contributed by atoms with Gasteiger partial charge in [0.15, 0.2) is 29.4 Å². The van der Waals surface area contributed by atoms with Crippen LogP contribution >= 0.6 is 0 Å². The second-order valence-electron chi connectivity index (χ2n) is 4.38. The molecule has 8 nitrogen and oxygen atoms in total. The number of aromatic nitrogens is 4. The molecule has 20 heavy (non-hydrogen) atoms. The minimum Gasteiger partial charge on any atom is -0.394 e. The largest absolute Gasteiger partial charge is 0.394 e. The predicted octanol–water partition coefficient (Wildman–Crippen LogP) is -0.864. The van der Waals surface area contributed by atoms with E-state index < -0.39 is 37.3 Å². The van der Waals surface area contributed by atoms with Gasteiger partial charge < -0.3 is 20.7 Å². The second kappa shape index (κ2) is 4.58. The number of imidazole rings is 1. The normalized spacial score (nSPS) is 30.2. The first kappa shape index (κ1) is 13.1. The number of hydrogen-bond acceptors (Lipinski definition) is 7. The Morgan fingerprint density at radius 3 is 2.85 bits per heavy atom. The summed E-state index contributed by atoms with van der Waals surface area (Å²) < 4.78 is 33.5. The average Bonchev–Trinajstić information content (AvgIpc) is 2.93. The fourth-order valence-electron chi connectivity index (χ4n) is 2.18. The van der Waals surface area contributed by atoms with Gasteiger partial charge in [0.25, 0.3) is 0 Å². The van der Waals surface area contributed by atoms with Crippen molar-refractivity contribution in [2.45, 2.75) is 24.6 Å². The maximum atomic E-state index is 14.0. The lowest BCUT2D eigenvalue weighted by molar-refractivity contribution is -0.0459. The maximum absolute atomic E-state index is 14.0. The molecule has 1 unspecified atom stereocenters. The molecule has 0 radical (unpaired) electrons. The number of nitrogens with two attached hydrogens (primary N) is 1. The molecule has 0 saturated carbocycles. The van der Waals surface area contributed by atoms with Crippen molar-refractivity contribution in [2.75, 3.05) is 12.3 Å². The molecule has 108 valence electrons. The zero-order valence-electron chi connectivity index (χ0n) is 10.0. The van der Waals surface area contributed by atoms with Crippen molar-refractivity contribution >= 4 is 17.0 Å². The lowest BCUT2D eigenvalue weighted by Gasteiger charge is -2.14. The molecular formula is C10H11F2N5O3. The molecule has 0 bridgehead atoms. The number of halogens is 2. The van der Waals surface area contributed by atoms with Gasteiger partial charge in [0.2, 0.25) is 0 Å². The Bertz CT molecular complexity index is 651. The Labute approximate surface area is 110 Å². The minimum atomic E-state index is -1.82. The van der Waals surface area contributed by atoms with Crippen molar-refractivity contribution in [3.05, 3.63) is 12.4 Å². The third kappa shape index (κ3) is 1.80. The Morgan fingerprint density at radius 2 is 2.20 bits per heavy atom. The van der Waals surface area contributed by atoms with Crippen molar-refractivity contribution in [3.63, 3.8) is 0 Å². The van der Waals surface area contributed by atoms with Crippen LogP contribution in [0.2, 0.25) is 0 Å². The van der Waals surface area contributed by atoms with Crippen LogP contribution in [0.3, 0.4) is 0 Å². The van der Waals surface area contributed by atoms with Crippen molar-refractivity contribution in [1.29, 1.82) is 0 Å². The number of aliphatic hydroxyl groups is 2. The molecule has 3 heterocycles. The lowest BCUT2D eigenvalue weighted by atomic mass is 10.1. The SMILES string of the molecule is Nc1nc(F)nc2c1ncn2C1O[C@H](CO)[C@@H](O)[C@@H]1F. The molecule has 0 amide bonds. The van der Waals surface area contributed by atoms with E-state index in [1.807, 2.05) is 0 Å². The average molecular weight is 287 g/mol. The van der Waals surface area contributed by atoms with E-state index in [1.54, 1.807) is 0 Å². The van der Waals surface area contributed by atoms with Crippen molar-refractivity contribution in [3.8, 4) is 0 Å². The number of nitrogen functional groups attached to an aromatic ring is 1. The number of anilines is 1. The standard InChI is InChI=1S/C10H11F2N5O3/c11-4-6(19)3(1-18)20-9(4)17-2-14-5-7(13)15-10(12)16-8(5)17/h2-4,6,9,18-19H,1H2,(H2,13,15,16)/t3-,4+,6-,9?/m1/s1. The third-order valence-electron chi connectivity index (χ3n) is 3.17. The molecular weight excluding hydrogens is 276 g/mol. The van der Waals surface area contributed by atoms with Crippen LogP contribution in [0.5, 0.6) is 0 Å². The third-order valence-corrected chi connectivity index (χ3v) is 3.17. The summed E-state index contributed by atoms with van der Waals surface area (Å²) in [6.07, 6.45) is -5.57. The highest BCUT2D eigenvalue weighted by Crippen LogP contribution is 2.33. The molecule has 1 saturated heterocycles. The molecule has 0 aliphatic carbocycles. The van der Waals surface area contributed by atoms with Gasteiger partial charge in [0.1, 0.15) is 12.2 Å². The molecule has 0 aromatic carbocycles. The van der Waals surface area contributed by atoms with E-state index in [9.17, 15) is 13.9 Å². The summed E-state index contributed by atoms with van der Waals surface area (Å²) in [5.74, 6) is -0.182. The van der Waals surface area contributed by atoms with E-state index in [0.29, 0.717) is 0 Å². The van der Waals surface area contributed by atoms with Crippen molar-refractivity contribution in [1.82, 2.24) is 19.5 Å². The van der Waals surface area contributed by atoms with Gasteiger partial charge in [-0.2, -0.15) is 14.4 Å². The van der Waals surface area contributed by atoms with Gasteiger partial charge in [-0.3, -0.25) is 4.57 Å². The number of fused-ring (bicyclic) bond motifs is 1. The summed E-state index contributed by atoms with van der Waals surface area (Å²) in [4.78, 5) is 10.7. The molecule has 2 aromatic rings. The number of aliphatic hydroxyl groups excluding tert-OH is 2. The number of nitrogens with zero attached hydrogens (tertiary/aromatic N) is 4. The minimum absolute atomic E-state index is 0.0477. The summed E-state index contributed by atoms with van der Waals surface area (Å²) >= 11 is 0. The quantitative estimate of drug-likeness (QED) is 0.614. The van der Waals surface area contributed by atoms with Crippen LogP contribution in [-0.4, -0.2) is 54.7 Å². The Kier molecular flexibility index (Phi) is 3.00. The Balaban J connectivity index is 2.07. The fourth-order valence-corrected chi connectivity index (χ4v) is 2.18. The number of rotatable bonds is 2. The fraction of sp³-hybridized carbons (Fsp3) is 0.500. The predicted molar refractivity (Wildman–Crippen MR) is 61.6 cm³/mol. The van der Waals surface area contributed by atoms with Gasteiger partial charge in [0, 0.05) is 0 Å². The van der Waals surface area contributed by atoms with E-state index in [2.05, 4.69) is 15.0 Å². The van der Waals surface area contributed by atoms with Crippen LogP contribution in [-0.2, 0) is 4.74 Å².